The molecule has 21 heavy (non-hydrogen) atoms. The molecule has 1 heterocycles. The molecule has 5 nitrogen and oxygen atoms in total. The molecule has 2 N–H and O–H groups in total. The summed E-state index contributed by atoms with van der Waals surface area (Å²) in [6.45, 7) is 4.78. The normalized spacial score (nSPS) is 16.2. The first-order valence-electron chi connectivity index (χ1n) is 6.42. The number of rotatable bonds is 5. The van der Waals surface area contributed by atoms with Crippen LogP contribution in [0.2, 0.25) is 5.02 Å². The molecule has 1 amide bonds. The second-order valence-corrected chi connectivity index (χ2v) is 5.52. The van der Waals surface area contributed by atoms with Crippen molar-refractivity contribution in [2.45, 2.75) is 13.8 Å². The first-order chi connectivity index (χ1) is 10.0. The van der Waals surface area contributed by atoms with Crippen LogP contribution in [0, 0.1) is 0 Å². The van der Waals surface area contributed by atoms with E-state index in [0.717, 1.165) is 11.8 Å². The van der Waals surface area contributed by atoms with Crippen molar-refractivity contribution in [1.29, 1.82) is 0 Å². The molecule has 0 spiro atoms. The zero-order valence-electron chi connectivity index (χ0n) is 11.7. The van der Waals surface area contributed by atoms with Gasteiger partial charge in [0, 0.05) is 6.07 Å². The Balaban J connectivity index is 2.38. The smallest absolute Gasteiger partial charge is 0.286 e. The lowest BCUT2D eigenvalue weighted by Crippen LogP contribution is -2.01. The van der Waals surface area contributed by atoms with Crippen molar-refractivity contribution in [2.75, 3.05) is 13.2 Å². The first-order valence-corrected chi connectivity index (χ1v) is 7.61. The highest BCUT2D eigenvalue weighted by molar-refractivity contribution is 8.18. The van der Waals surface area contributed by atoms with Gasteiger partial charge in [0.1, 0.15) is 0 Å². The number of benzene rings is 1. The summed E-state index contributed by atoms with van der Waals surface area (Å²) in [5.41, 5.74) is 6.18. The lowest BCUT2D eigenvalue weighted by molar-refractivity contribution is -0.113. The van der Waals surface area contributed by atoms with Crippen LogP contribution in [0.1, 0.15) is 19.4 Å². The van der Waals surface area contributed by atoms with E-state index in [2.05, 4.69) is 4.99 Å². The van der Waals surface area contributed by atoms with E-state index in [1.165, 1.54) is 0 Å². The molecule has 1 aliphatic heterocycles. The number of aliphatic imine (C=N–C) groups is 1. The van der Waals surface area contributed by atoms with Gasteiger partial charge in [0.25, 0.3) is 5.91 Å². The second-order valence-electron chi connectivity index (χ2n) is 4.05. The monoisotopic (exact) mass is 326 g/mol. The number of carbonyl (C=O) groups is 1. The maximum atomic E-state index is 11.6. The number of amidine groups is 1. The van der Waals surface area contributed by atoms with Gasteiger partial charge in [0.15, 0.2) is 16.7 Å². The molecule has 0 bridgehead atoms. The van der Waals surface area contributed by atoms with E-state index in [9.17, 15) is 4.79 Å². The average molecular weight is 327 g/mol. The van der Waals surface area contributed by atoms with Crippen molar-refractivity contribution < 1.29 is 14.3 Å². The van der Waals surface area contributed by atoms with Crippen molar-refractivity contribution in [1.82, 2.24) is 0 Å². The van der Waals surface area contributed by atoms with Crippen LogP contribution in [0.15, 0.2) is 22.0 Å². The van der Waals surface area contributed by atoms with Gasteiger partial charge in [-0.25, -0.2) is 0 Å². The fourth-order valence-electron chi connectivity index (χ4n) is 1.76. The highest BCUT2D eigenvalue weighted by atomic mass is 35.5. The molecule has 0 aliphatic carbocycles. The summed E-state index contributed by atoms with van der Waals surface area (Å²) in [5, 5.41) is 0.701. The number of hydrogen-bond donors (Lipinski definition) is 1. The zero-order valence-corrected chi connectivity index (χ0v) is 13.3. The molecule has 7 heteroatoms. The Hall–Kier alpha value is -1.66. The van der Waals surface area contributed by atoms with Gasteiger partial charge in [-0.15, -0.1) is 0 Å². The molecular weight excluding hydrogens is 312 g/mol. The predicted molar refractivity (Wildman–Crippen MR) is 86.0 cm³/mol. The topological polar surface area (TPSA) is 73.9 Å². The minimum Gasteiger partial charge on any atom is -0.490 e. The Bertz CT molecular complexity index is 629. The fraction of sp³-hybridized carbons (Fsp3) is 0.286. The van der Waals surface area contributed by atoms with E-state index < -0.39 is 0 Å². The highest BCUT2D eigenvalue weighted by Gasteiger charge is 2.20. The summed E-state index contributed by atoms with van der Waals surface area (Å²) in [4.78, 5) is 15.7. The van der Waals surface area contributed by atoms with E-state index in [1.54, 1.807) is 18.2 Å². The highest BCUT2D eigenvalue weighted by Crippen LogP contribution is 2.36. The summed E-state index contributed by atoms with van der Waals surface area (Å²) >= 11 is 7.35. The SMILES string of the molecule is CCOc1cc(Cl)c(/C=C2/SC(N)=NC2=O)cc1OCC. The summed E-state index contributed by atoms with van der Waals surface area (Å²) in [7, 11) is 0. The number of nitrogens with two attached hydrogens (primary N) is 1. The lowest BCUT2D eigenvalue weighted by Gasteiger charge is -2.12. The third-order valence-corrected chi connectivity index (χ3v) is 3.73. The van der Waals surface area contributed by atoms with Gasteiger partial charge in [-0.2, -0.15) is 4.99 Å². The van der Waals surface area contributed by atoms with Crippen molar-refractivity contribution in [3.63, 3.8) is 0 Å². The Morgan fingerprint density at radius 3 is 2.43 bits per heavy atom. The maximum absolute atomic E-state index is 11.6. The molecule has 1 aromatic rings. The quantitative estimate of drug-likeness (QED) is 0.842. The molecule has 0 aromatic heterocycles. The van der Waals surface area contributed by atoms with Crippen molar-refractivity contribution in [2.24, 2.45) is 10.7 Å². The van der Waals surface area contributed by atoms with Gasteiger partial charge in [-0.05, 0) is 43.3 Å². The second kappa shape index (κ2) is 6.87. The molecule has 0 radical (unpaired) electrons. The van der Waals surface area contributed by atoms with Gasteiger partial charge >= 0.3 is 0 Å². The molecule has 112 valence electrons. The standard InChI is InChI=1S/C14H15ClN2O3S/c1-3-19-10-5-8(9(15)7-11(10)20-4-2)6-12-13(18)17-14(16)21-12/h5-7H,3-4H2,1-2H3,(H2,16,17,18)/b12-6+. The van der Waals surface area contributed by atoms with Gasteiger partial charge < -0.3 is 15.2 Å². The van der Waals surface area contributed by atoms with Crippen molar-refractivity contribution >= 4 is 40.5 Å². The Morgan fingerprint density at radius 1 is 1.29 bits per heavy atom. The van der Waals surface area contributed by atoms with Crippen LogP contribution in [-0.4, -0.2) is 24.3 Å². The maximum Gasteiger partial charge on any atom is 0.286 e. The van der Waals surface area contributed by atoms with Crippen molar-refractivity contribution in [3.8, 4) is 11.5 Å². The summed E-state index contributed by atoms with van der Waals surface area (Å²) < 4.78 is 11.0. The number of hydrogen-bond acceptors (Lipinski definition) is 5. The van der Waals surface area contributed by atoms with Crippen LogP contribution in [-0.2, 0) is 4.79 Å². The molecular formula is C14H15ClN2O3S. The Kier molecular flexibility index (Phi) is 5.14. The number of amides is 1. The molecule has 0 saturated heterocycles. The van der Waals surface area contributed by atoms with E-state index in [0.29, 0.717) is 40.2 Å². The zero-order chi connectivity index (χ0) is 15.4. The van der Waals surface area contributed by atoms with Gasteiger partial charge in [-0.3, -0.25) is 4.79 Å². The largest absolute Gasteiger partial charge is 0.490 e. The number of carbonyl (C=O) groups excluding carboxylic acids is 1. The molecule has 0 fully saturated rings. The number of halogens is 1. The molecule has 1 aromatic carbocycles. The minimum absolute atomic E-state index is 0.235. The molecule has 0 saturated carbocycles. The number of nitrogens with zero attached hydrogens (tertiary/aromatic N) is 1. The molecule has 2 rings (SSSR count). The van der Waals surface area contributed by atoms with E-state index in [4.69, 9.17) is 26.8 Å². The summed E-state index contributed by atoms with van der Waals surface area (Å²) in [5.74, 6) is 0.799. The van der Waals surface area contributed by atoms with Gasteiger partial charge in [0.05, 0.1) is 23.1 Å². The van der Waals surface area contributed by atoms with E-state index in [-0.39, 0.29) is 11.1 Å². The van der Waals surface area contributed by atoms with Crippen LogP contribution >= 0.6 is 23.4 Å². The molecule has 1 aliphatic rings. The van der Waals surface area contributed by atoms with Gasteiger partial charge in [-0.1, -0.05) is 11.6 Å². The fourth-order valence-corrected chi connectivity index (χ4v) is 2.65. The molecule has 0 unspecified atom stereocenters. The minimum atomic E-state index is -0.361. The Labute approximate surface area is 132 Å². The van der Waals surface area contributed by atoms with E-state index >= 15 is 0 Å². The van der Waals surface area contributed by atoms with Crippen LogP contribution in [0.25, 0.3) is 6.08 Å². The number of thioether (sulfide) groups is 1. The third-order valence-electron chi connectivity index (χ3n) is 2.59. The Morgan fingerprint density at radius 2 is 1.90 bits per heavy atom. The predicted octanol–water partition coefficient (Wildman–Crippen LogP) is 3.07. The van der Waals surface area contributed by atoms with E-state index in [1.807, 2.05) is 13.8 Å². The lowest BCUT2D eigenvalue weighted by atomic mass is 10.1. The average Bonchev–Trinajstić information content (AvgIpc) is 2.73. The third kappa shape index (κ3) is 3.71. The number of ether oxygens (including phenoxy) is 2. The van der Waals surface area contributed by atoms with Gasteiger partial charge in [0.2, 0.25) is 0 Å². The van der Waals surface area contributed by atoms with Crippen LogP contribution in [0.4, 0.5) is 0 Å². The van der Waals surface area contributed by atoms with Crippen LogP contribution in [0.3, 0.4) is 0 Å². The van der Waals surface area contributed by atoms with Crippen LogP contribution < -0.4 is 15.2 Å². The summed E-state index contributed by atoms with van der Waals surface area (Å²) in [6, 6.07) is 3.42. The van der Waals surface area contributed by atoms with Crippen LogP contribution in [0.5, 0.6) is 11.5 Å². The first kappa shape index (κ1) is 15.7. The molecule has 0 atom stereocenters. The van der Waals surface area contributed by atoms with Crippen molar-refractivity contribution in [3.05, 3.63) is 27.6 Å². The summed E-state index contributed by atoms with van der Waals surface area (Å²) in [6.07, 6.45) is 1.65.